The number of ether oxygens (including phenoxy) is 1. The number of carbonyl (C=O) groups is 5. The molecule has 0 unspecified atom stereocenters. The van der Waals surface area contributed by atoms with E-state index in [1.165, 1.54) is 21.6 Å². The first-order chi connectivity index (χ1) is 20.1. The highest BCUT2D eigenvalue weighted by atomic mass is 16.5. The number of aliphatic carboxylic acids is 1. The number of amides is 3. The fraction of sp³-hybridized carbons (Fsp3) is 0.452. The smallest absolute Gasteiger partial charge is 0.326 e. The van der Waals surface area contributed by atoms with Crippen LogP contribution in [0.5, 0.6) is 5.75 Å². The maximum absolute atomic E-state index is 13.9. The second kappa shape index (κ2) is 13.6. The Hall–Kier alpha value is -4.25. The van der Waals surface area contributed by atoms with E-state index in [2.05, 4.69) is 0 Å². The minimum Gasteiger partial charge on any atom is -0.480 e. The van der Waals surface area contributed by atoms with Crippen molar-refractivity contribution < 1.29 is 33.8 Å². The number of nitrogens with zero attached hydrogens (tertiary/aromatic N) is 3. The molecule has 11 nitrogen and oxygen atoms in total. The van der Waals surface area contributed by atoms with E-state index in [1.807, 2.05) is 30.3 Å². The van der Waals surface area contributed by atoms with Gasteiger partial charge in [-0.3, -0.25) is 19.2 Å². The van der Waals surface area contributed by atoms with E-state index >= 15 is 0 Å². The molecule has 3 N–H and O–H groups in total. The molecule has 2 aromatic rings. The summed E-state index contributed by atoms with van der Waals surface area (Å²) >= 11 is 0. The Labute approximate surface area is 245 Å². The Morgan fingerprint density at radius 1 is 0.881 bits per heavy atom. The third-order valence-electron chi connectivity index (χ3n) is 7.97. The number of carboxylic acids is 1. The molecule has 0 aliphatic carbocycles. The maximum Gasteiger partial charge on any atom is 0.326 e. The molecule has 2 aliphatic heterocycles. The van der Waals surface area contributed by atoms with E-state index in [0.29, 0.717) is 44.5 Å². The molecule has 2 heterocycles. The maximum atomic E-state index is 13.9. The van der Waals surface area contributed by atoms with Gasteiger partial charge in [0.2, 0.25) is 17.7 Å². The van der Waals surface area contributed by atoms with Gasteiger partial charge in [-0.1, -0.05) is 42.5 Å². The topological polar surface area (TPSA) is 151 Å². The number of likely N-dealkylation sites (N-methyl/N-ethyl adjacent to an activating group) is 1. The van der Waals surface area contributed by atoms with Crippen LogP contribution in [0.2, 0.25) is 0 Å². The Bertz CT molecular complexity index is 1300. The lowest BCUT2D eigenvalue weighted by atomic mass is 10.0. The van der Waals surface area contributed by atoms with Crippen molar-refractivity contribution in [1.29, 1.82) is 0 Å². The van der Waals surface area contributed by atoms with Crippen molar-refractivity contribution in [3.8, 4) is 5.75 Å². The zero-order chi connectivity index (χ0) is 30.4. The molecule has 2 aromatic carbocycles. The van der Waals surface area contributed by atoms with E-state index < -0.39 is 42.0 Å². The highest BCUT2D eigenvalue weighted by molar-refractivity contribution is 5.94. The minimum atomic E-state index is -1.06. The van der Waals surface area contributed by atoms with Crippen molar-refractivity contribution >= 4 is 29.7 Å². The molecule has 2 fully saturated rings. The molecule has 224 valence electrons. The van der Waals surface area contributed by atoms with Crippen molar-refractivity contribution in [2.45, 2.75) is 69.6 Å². The molecule has 0 aromatic heterocycles. The van der Waals surface area contributed by atoms with Gasteiger partial charge >= 0.3 is 11.9 Å². The van der Waals surface area contributed by atoms with Crippen LogP contribution in [-0.4, -0.2) is 93.8 Å². The number of hydrogen-bond acceptors (Lipinski definition) is 7. The van der Waals surface area contributed by atoms with Crippen LogP contribution in [0.4, 0.5) is 0 Å². The molecule has 2 saturated heterocycles. The quantitative estimate of drug-likeness (QED) is 0.319. The van der Waals surface area contributed by atoms with Crippen LogP contribution in [0.25, 0.3) is 0 Å². The van der Waals surface area contributed by atoms with Crippen LogP contribution in [0.1, 0.15) is 43.7 Å². The molecule has 0 spiro atoms. The van der Waals surface area contributed by atoms with Crippen LogP contribution >= 0.6 is 0 Å². The van der Waals surface area contributed by atoms with Crippen LogP contribution in [0, 0.1) is 0 Å². The number of hydrogen-bond donors (Lipinski definition) is 2. The van der Waals surface area contributed by atoms with Crippen LogP contribution in [0.15, 0.2) is 54.6 Å². The Morgan fingerprint density at radius 3 is 2.05 bits per heavy atom. The van der Waals surface area contributed by atoms with Gasteiger partial charge in [-0.2, -0.15) is 0 Å². The highest BCUT2D eigenvalue weighted by Gasteiger charge is 2.43. The molecule has 0 bridgehead atoms. The van der Waals surface area contributed by atoms with Crippen molar-refractivity contribution in [3.05, 3.63) is 65.7 Å². The summed E-state index contributed by atoms with van der Waals surface area (Å²) in [4.78, 5) is 68.3. The zero-order valence-electron chi connectivity index (χ0n) is 24.0. The third kappa shape index (κ3) is 7.14. The number of rotatable bonds is 10. The number of likely N-dealkylation sites (tertiary alicyclic amines) is 2. The number of esters is 1. The molecule has 2 aliphatic rings. The number of nitrogens with two attached hydrogens (primary N) is 1. The minimum absolute atomic E-state index is 0.217. The Kier molecular flexibility index (Phi) is 9.95. The monoisotopic (exact) mass is 578 g/mol. The summed E-state index contributed by atoms with van der Waals surface area (Å²) in [5.74, 6) is -2.25. The van der Waals surface area contributed by atoms with Gasteiger partial charge in [0.1, 0.15) is 23.9 Å². The van der Waals surface area contributed by atoms with E-state index in [9.17, 15) is 29.1 Å². The summed E-state index contributed by atoms with van der Waals surface area (Å²) in [7, 11) is 1.55. The van der Waals surface area contributed by atoms with Gasteiger partial charge in [-0.05, 0) is 55.4 Å². The molecule has 3 amide bonds. The summed E-state index contributed by atoms with van der Waals surface area (Å²) in [6.45, 7) is 1.99. The SMILES string of the molecule is CC(=O)Oc1ccc(C[C@H](N)C(=O)N2CCC[C@H]2C(=O)N(C)[C@@H](Cc2ccccc2)C(=O)N2CCC[C@@H]2C(=O)O)cc1. The van der Waals surface area contributed by atoms with E-state index in [-0.39, 0.29) is 24.7 Å². The average molecular weight is 579 g/mol. The molecule has 11 heteroatoms. The van der Waals surface area contributed by atoms with Gasteiger partial charge in [-0.15, -0.1) is 0 Å². The predicted molar refractivity (Wildman–Crippen MR) is 153 cm³/mol. The summed E-state index contributed by atoms with van der Waals surface area (Å²) < 4.78 is 5.05. The molecular formula is C31H38N4O7. The molecule has 42 heavy (non-hydrogen) atoms. The van der Waals surface area contributed by atoms with Gasteiger partial charge in [-0.25, -0.2) is 4.79 Å². The summed E-state index contributed by atoms with van der Waals surface area (Å²) in [5.41, 5.74) is 7.92. The lowest BCUT2D eigenvalue weighted by molar-refractivity contribution is -0.154. The molecule has 4 atom stereocenters. The molecular weight excluding hydrogens is 540 g/mol. The Balaban J connectivity index is 1.49. The van der Waals surface area contributed by atoms with Crippen LogP contribution in [-0.2, 0) is 36.8 Å². The lowest BCUT2D eigenvalue weighted by Crippen LogP contribution is -2.57. The predicted octanol–water partition coefficient (Wildman–Crippen LogP) is 1.62. The van der Waals surface area contributed by atoms with E-state index in [1.54, 1.807) is 31.3 Å². The number of carbonyl (C=O) groups excluding carboxylic acids is 4. The van der Waals surface area contributed by atoms with Crippen molar-refractivity contribution in [3.63, 3.8) is 0 Å². The van der Waals surface area contributed by atoms with E-state index in [0.717, 1.165) is 11.1 Å². The van der Waals surface area contributed by atoms with Crippen molar-refractivity contribution in [2.24, 2.45) is 5.73 Å². The van der Waals surface area contributed by atoms with Gasteiger partial charge in [0, 0.05) is 33.5 Å². The summed E-state index contributed by atoms with van der Waals surface area (Å²) in [6.07, 6.45) is 2.44. The van der Waals surface area contributed by atoms with Crippen molar-refractivity contribution in [1.82, 2.24) is 14.7 Å². The van der Waals surface area contributed by atoms with Crippen molar-refractivity contribution in [2.75, 3.05) is 20.1 Å². The van der Waals surface area contributed by atoms with Crippen LogP contribution in [0.3, 0.4) is 0 Å². The molecule has 4 rings (SSSR count). The zero-order valence-corrected chi connectivity index (χ0v) is 24.0. The van der Waals surface area contributed by atoms with E-state index in [4.69, 9.17) is 10.5 Å². The second-order valence-corrected chi connectivity index (χ2v) is 10.9. The number of carboxylic acid groups (broad SMARTS) is 1. The van der Waals surface area contributed by atoms with Gasteiger partial charge < -0.3 is 30.3 Å². The first-order valence-electron chi connectivity index (χ1n) is 14.2. The third-order valence-corrected chi connectivity index (χ3v) is 7.97. The van der Waals surface area contributed by atoms with Gasteiger partial charge in [0.25, 0.3) is 0 Å². The summed E-state index contributed by atoms with van der Waals surface area (Å²) in [5, 5.41) is 9.68. The number of benzene rings is 2. The average Bonchev–Trinajstić information content (AvgIpc) is 3.66. The molecule has 0 saturated carbocycles. The standard InChI is InChI=1S/C31H38N4O7/c1-20(36)42-23-14-12-22(13-15-23)18-24(32)28(37)34-16-6-10-25(34)29(38)33(2)27(19-21-8-4-3-5-9-21)30(39)35-17-7-11-26(35)31(40)41/h3-5,8-9,12-15,24-27H,6-7,10-11,16-19,32H2,1-2H3,(H,40,41)/t24-,25-,26+,27-/m0/s1. The highest BCUT2D eigenvalue weighted by Crippen LogP contribution is 2.25. The normalized spacial score (nSPS) is 19.7. The molecule has 0 radical (unpaired) electrons. The van der Waals surface area contributed by atoms with Gasteiger partial charge in [0.05, 0.1) is 6.04 Å². The fourth-order valence-corrected chi connectivity index (χ4v) is 5.80. The van der Waals surface area contributed by atoms with Crippen LogP contribution < -0.4 is 10.5 Å². The summed E-state index contributed by atoms with van der Waals surface area (Å²) in [6, 6.07) is 12.5. The van der Waals surface area contributed by atoms with Gasteiger partial charge in [0.15, 0.2) is 0 Å². The fourth-order valence-electron chi connectivity index (χ4n) is 5.80. The second-order valence-electron chi connectivity index (χ2n) is 10.9. The Morgan fingerprint density at radius 2 is 1.45 bits per heavy atom. The lowest BCUT2D eigenvalue weighted by Gasteiger charge is -2.36. The first kappa shape index (κ1) is 30.7. The largest absolute Gasteiger partial charge is 0.480 e. The first-order valence-corrected chi connectivity index (χ1v) is 14.2.